The number of hydrogen-bond acceptors (Lipinski definition) is 5. The number of carbonyl (C=O) groups excluding carboxylic acids is 4. The van der Waals surface area contributed by atoms with Crippen LogP contribution >= 0.6 is 0 Å². The van der Waals surface area contributed by atoms with Gasteiger partial charge in [-0.2, -0.15) is 13.2 Å². The van der Waals surface area contributed by atoms with E-state index < -0.39 is 36.2 Å². The van der Waals surface area contributed by atoms with Crippen molar-refractivity contribution in [2.45, 2.75) is 70.9 Å². The molecule has 8 nitrogen and oxygen atoms in total. The fourth-order valence-electron chi connectivity index (χ4n) is 3.07. The molecule has 0 aromatic carbocycles. The Kier molecular flexibility index (Phi) is 9.06. The molecule has 0 bridgehead atoms. The number of nitrogens with zero attached hydrogens (tertiary/aromatic N) is 1. The quantitative estimate of drug-likeness (QED) is 0.450. The summed E-state index contributed by atoms with van der Waals surface area (Å²) >= 11 is 0. The van der Waals surface area contributed by atoms with Crippen molar-refractivity contribution in [1.29, 1.82) is 0 Å². The highest BCUT2D eigenvalue weighted by atomic mass is 19.4. The fourth-order valence-corrected chi connectivity index (χ4v) is 3.07. The van der Waals surface area contributed by atoms with Crippen molar-refractivity contribution in [3.63, 3.8) is 0 Å². The molecule has 0 saturated carbocycles. The van der Waals surface area contributed by atoms with Gasteiger partial charge in [-0.3, -0.25) is 24.1 Å². The van der Waals surface area contributed by atoms with Gasteiger partial charge in [0, 0.05) is 6.54 Å². The third-order valence-electron chi connectivity index (χ3n) is 4.69. The van der Waals surface area contributed by atoms with Crippen molar-refractivity contribution >= 4 is 23.5 Å². The standard InChI is InChI=1S/C18H29F3N4O4/c1-10(2)9-13-15(27)24-14(25(13)4)16(28)23-12(11(3)26)7-5-6-8-22-17(29)18(19,20)21/h10,12-14H,5-9H2,1-4H3,(H,22,29)(H,23,28)(H,24,27)/t12-,13-,14?/m0/s1. The van der Waals surface area contributed by atoms with Gasteiger partial charge in [0.25, 0.3) is 5.91 Å². The first-order valence-electron chi connectivity index (χ1n) is 9.52. The Balaban J connectivity index is 2.51. The van der Waals surface area contributed by atoms with Crippen LogP contribution in [0.4, 0.5) is 13.2 Å². The summed E-state index contributed by atoms with van der Waals surface area (Å²) in [7, 11) is 1.65. The van der Waals surface area contributed by atoms with Crippen LogP contribution in [0.15, 0.2) is 0 Å². The zero-order valence-corrected chi connectivity index (χ0v) is 17.1. The molecule has 1 unspecified atom stereocenters. The predicted molar refractivity (Wildman–Crippen MR) is 98.5 cm³/mol. The van der Waals surface area contributed by atoms with E-state index in [1.165, 1.54) is 6.92 Å². The van der Waals surface area contributed by atoms with Crippen LogP contribution in [0.3, 0.4) is 0 Å². The molecule has 0 aromatic heterocycles. The zero-order chi connectivity index (χ0) is 22.4. The summed E-state index contributed by atoms with van der Waals surface area (Å²) < 4.78 is 36.3. The van der Waals surface area contributed by atoms with Gasteiger partial charge in [0.2, 0.25) is 5.91 Å². The van der Waals surface area contributed by atoms with E-state index in [0.717, 1.165) is 0 Å². The average molecular weight is 422 g/mol. The van der Waals surface area contributed by atoms with Gasteiger partial charge in [-0.05, 0) is 45.6 Å². The van der Waals surface area contributed by atoms with Crippen LogP contribution in [0.25, 0.3) is 0 Å². The Bertz CT molecular complexity index is 625. The van der Waals surface area contributed by atoms with Crippen molar-refractivity contribution < 1.29 is 32.3 Å². The van der Waals surface area contributed by atoms with E-state index in [4.69, 9.17) is 0 Å². The lowest BCUT2D eigenvalue weighted by Gasteiger charge is -2.25. The average Bonchev–Trinajstić information content (AvgIpc) is 2.86. The molecule has 3 amide bonds. The SMILES string of the molecule is CC(=O)[C@H](CCCCNC(=O)C(F)(F)F)NC(=O)C1NC(=O)[C@H](CC(C)C)N1C. The first-order chi connectivity index (χ1) is 13.3. The first-order valence-corrected chi connectivity index (χ1v) is 9.52. The molecule has 1 aliphatic rings. The lowest BCUT2D eigenvalue weighted by Crippen LogP contribution is -2.52. The summed E-state index contributed by atoms with van der Waals surface area (Å²) in [5.41, 5.74) is 0. The maximum Gasteiger partial charge on any atom is 0.471 e. The highest BCUT2D eigenvalue weighted by Gasteiger charge is 2.41. The first kappa shape index (κ1) is 24.9. The molecule has 1 saturated heterocycles. The number of Topliss-reactive ketones (excluding diaryl/α,β-unsaturated/α-hetero) is 1. The third kappa shape index (κ3) is 7.64. The third-order valence-corrected chi connectivity index (χ3v) is 4.69. The predicted octanol–water partition coefficient (Wildman–Crippen LogP) is 0.711. The number of nitrogens with one attached hydrogen (secondary N) is 3. The minimum Gasteiger partial charge on any atom is -0.348 e. The molecule has 166 valence electrons. The van der Waals surface area contributed by atoms with Crippen molar-refractivity contribution in [1.82, 2.24) is 20.9 Å². The summed E-state index contributed by atoms with van der Waals surface area (Å²) in [6.07, 6.45) is -4.47. The van der Waals surface area contributed by atoms with Gasteiger partial charge in [-0.15, -0.1) is 0 Å². The fraction of sp³-hybridized carbons (Fsp3) is 0.778. The second kappa shape index (κ2) is 10.6. The normalized spacial score (nSPS) is 21.0. The number of amides is 3. The Labute approximate surface area is 167 Å². The summed E-state index contributed by atoms with van der Waals surface area (Å²) in [4.78, 5) is 48.8. The van der Waals surface area contributed by atoms with Crippen LogP contribution in [0.5, 0.6) is 0 Å². The largest absolute Gasteiger partial charge is 0.471 e. The molecule has 11 heteroatoms. The molecule has 0 aliphatic carbocycles. The number of hydrogen-bond donors (Lipinski definition) is 3. The van der Waals surface area contributed by atoms with E-state index >= 15 is 0 Å². The molecule has 0 aromatic rings. The number of rotatable bonds is 10. The van der Waals surface area contributed by atoms with Crippen molar-refractivity contribution in [2.75, 3.05) is 13.6 Å². The van der Waals surface area contributed by atoms with E-state index in [9.17, 15) is 32.3 Å². The van der Waals surface area contributed by atoms with E-state index in [1.54, 1.807) is 17.3 Å². The van der Waals surface area contributed by atoms with E-state index in [0.29, 0.717) is 12.8 Å². The molecular weight excluding hydrogens is 393 g/mol. The van der Waals surface area contributed by atoms with Crippen LogP contribution in [0, 0.1) is 5.92 Å². The topological polar surface area (TPSA) is 108 Å². The minimum absolute atomic E-state index is 0.185. The summed E-state index contributed by atoms with van der Waals surface area (Å²) in [5, 5.41) is 6.96. The molecule has 3 N–H and O–H groups in total. The lowest BCUT2D eigenvalue weighted by molar-refractivity contribution is -0.173. The van der Waals surface area contributed by atoms with Gasteiger partial charge in [0.1, 0.15) is 0 Å². The second-order valence-electron chi connectivity index (χ2n) is 7.64. The van der Waals surface area contributed by atoms with Crippen molar-refractivity contribution in [3.05, 3.63) is 0 Å². The van der Waals surface area contributed by atoms with Gasteiger partial charge >= 0.3 is 12.1 Å². The van der Waals surface area contributed by atoms with E-state index in [-0.39, 0.29) is 37.0 Å². The Morgan fingerprint density at radius 2 is 1.83 bits per heavy atom. The molecule has 1 rings (SSSR count). The molecular formula is C18H29F3N4O4. The molecule has 0 spiro atoms. The number of halogens is 3. The number of ketones is 1. The summed E-state index contributed by atoms with van der Waals surface area (Å²) in [6, 6.07) is -1.26. The highest BCUT2D eigenvalue weighted by molar-refractivity contribution is 5.95. The van der Waals surface area contributed by atoms with E-state index in [1.807, 2.05) is 13.8 Å². The molecule has 29 heavy (non-hydrogen) atoms. The smallest absolute Gasteiger partial charge is 0.348 e. The lowest BCUT2D eigenvalue weighted by atomic mass is 10.0. The van der Waals surface area contributed by atoms with Crippen molar-refractivity contribution in [3.8, 4) is 0 Å². The molecule has 1 aliphatic heterocycles. The summed E-state index contributed by atoms with van der Waals surface area (Å²) in [6.45, 7) is 5.05. The van der Waals surface area contributed by atoms with Crippen LogP contribution in [-0.4, -0.2) is 66.4 Å². The minimum atomic E-state index is -4.93. The van der Waals surface area contributed by atoms with Gasteiger partial charge in [-0.25, -0.2) is 0 Å². The van der Waals surface area contributed by atoms with Crippen LogP contribution in [0.2, 0.25) is 0 Å². The highest BCUT2D eigenvalue weighted by Crippen LogP contribution is 2.18. The number of carbonyl (C=O) groups is 4. The molecule has 3 atom stereocenters. The number of unbranched alkanes of at least 4 members (excludes halogenated alkanes) is 1. The van der Waals surface area contributed by atoms with Crippen LogP contribution in [0.1, 0.15) is 46.5 Å². The van der Waals surface area contributed by atoms with Crippen molar-refractivity contribution in [2.24, 2.45) is 5.92 Å². The Hall–Kier alpha value is -2.17. The Morgan fingerprint density at radius 1 is 1.21 bits per heavy atom. The van der Waals surface area contributed by atoms with Gasteiger partial charge in [0.15, 0.2) is 11.9 Å². The number of likely N-dealkylation sites (N-methyl/N-ethyl adjacent to an activating group) is 1. The summed E-state index contributed by atoms with van der Waals surface area (Å²) in [5.74, 6) is -2.81. The maximum absolute atomic E-state index is 12.5. The van der Waals surface area contributed by atoms with Gasteiger partial charge in [0.05, 0.1) is 12.1 Å². The Morgan fingerprint density at radius 3 is 2.34 bits per heavy atom. The zero-order valence-electron chi connectivity index (χ0n) is 17.1. The molecule has 1 heterocycles. The van der Waals surface area contributed by atoms with Gasteiger partial charge < -0.3 is 16.0 Å². The van der Waals surface area contributed by atoms with Gasteiger partial charge in [-0.1, -0.05) is 13.8 Å². The monoisotopic (exact) mass is 422 g/mol. The van der Waals surface area contributed by atoms with E-state index in [2.05, 4.69) is 10.6 Å². The molecule has 0 radical (unpaired) electrons. The second-order valence-corrected chi connectivity index (χ2v) is 7.64. The maximum atomic E-state index is 12.5. The molecule has 1 fully saturated rings. The van der Waals surface area contributed by atoms with Crippen LogP contribution < -0.4 is 16.0 Å². The number of alkyl halides is 3. The van der Waals surface area contributed by atoms with Crippen LogP contribution in [-0.2, 0) is 19.2 Å².